The van der Waals surface area contributed by atoms with E-state index < -0.39 is 5.92 Å². The zero-order valence-electron chi connectivity index (χ0n) is 45.5. The van der Waals surface area contributed by atoms with Gasteiger partial charge in [-0.2, -0.15) is 10.2 Å². The topological polar surface area (TPSA) is 186 Å². The van der Waals surface area contributed by atoms with Crippen molar-refractivity contribution < 1.29 is 23.0 Å². The first-order chi connectivity index (χ1) is 38.2. The van der Waals surface area contributed by atoms with Crippen molar-refractivity contribution in [3.63, 3.8) is 0 Å². The van der Waals surface area contributed by atoms with Crippen LogP contribution in [0.4, 0.5) is 20.7 Å². The molecule has 22 heteroatoms. The first-order valence-electron chi connectivity index (χ1n) is 26.9. The van der Waals surface area contributed by atoms with E-state index in [0.29, 0.717) is 86.2 Å². The van der Waals surface area contributed by atoms with E-state index in [1.807, 2.05) is 71.0 Å². The lowest BCUT2D eigenvalue weighted by Gasteiger charge is -2.37. The van der Waals surface area contributed by atoms with Crippen LogP contribution in [0.5, 0.6) is 11.5 Å². The molecular weight excluding hydrogens is 1010 g/mol. The Morgan fingerprint density at radius 2 is 1.25 bits per heavy atom. The monoisotopic (exact) mass is 1070 g/mol. The minimum atomic E-state index is -2.71. The van der Waals surface area contributed by atoms with E-state index in [-0.39, 0.29) is 30.8 Å². The number of imidazole rings is 2. The van der Waals surface area contributed by atoms with Gasteiger partial charge in [0.15, 0.2) is 11.6 Å². The van der Waals surface area contributed by atoms with Gasteiger partial charge in [-0.1, -0.05) is 20.8 Å². The summed E-state index contributed by atoms with van der Waals surface area (Å²) in [5.74, 6) is 1.33. The van der Waals surface area contributed by atoms with Crippen LogP contribution in [0.3, 0.4) is 0 Å². The zero-order chi connectivity index (χ0) is 54.4. The Balaban J connectivity index is 0.922. The average Bonchev–Trinajstić information content (AvgIpc) is 4.51. The molecule has 0 radical (unpaired) electrons. The van der Waals surface area contributed by atoms with Gasteiger partial charge in [-0.25, -0.2) is 38.1 Å². The number of hydrogen-bond donors (Lipinski definition) is 0. The Morgan fingerprint density at radius 1 is 0.671 bits per heavy atom. The minimum Gasteiger partial charge on any atom is -0.496 e. The maximum atomic E-state index is 14.8. The number of halogens is 2. The summed E-state index contributed by atoms with van der Waals surface area (Å²) >= 11 is 0. The van der Waals surface area contributed by atoms with Crippen LogP contribution in [-0.2, 0) is 25.3 Å². The molecule has 79 heavy (non-hydrogen) atoms. The molecule has 2 atom stereocenters. The van der Waals surface area contributed by atoms with Gasteiger partial charge in [0.05, 0.1) is 108 Å². The summed E-state index contributed by atoms with van der Waals surface area (Å²) in [4.78, 5) is 46.9. The van der Waals surface area contributed by atoms with Crippen molar-refractivity contribution in [2.24, 2.45) is 14.1 Å². The van der Waals surface area contributed by atoms with Crippen LogP contribution < -0.4 is 19.3 Å². The van der Waals surface area contributed by atoms with Gasteiger partial charge in [0, 0.05) is 119 Å². The highest BCUT2D eigenvalue weighted by atomic mass is 19.3. The van der Waals surface area contributed by atoms with Gasteiger partial charge in [-0.15, -0.1) is 0 Å². The lowest BCUT2D eigenvalue weighted by molar-refractivity contribution is 0.0125. The van der Waals surface area contributed by atoms with Crippen LogP contribution >= 0.6 is 0 Å². The fourth-order valence-electron chi connectivity index (χ4n) is 11.9. The third kappa shape index (κ3) is 8.71. The second-order valence-electron chi connectivity index (χ2n) is 21.4. The summed E-state index contributed by atoms with van der Waals surface area (Å²) in [5.41, 5.74) is 11.2. The molecule has 13 rings (SSSR count). The SMILES string of the molecule is COc1ccncc1-c1cc2c(cnn2-c2cc3c(nc(N4CCN5CC(F)(F)C[C@@H]5C4)n3C)c(C(C)CCc3nc(-c4cnccc4OC)cc4c3cnn4-c3cc4c(nc(N5CCOCC5)n4C)c(C(C)C)n3)n2)c(C)n1. The van der Waals surface area contributed by atoms with Gasteiger partial charge in [-0.3, -0.25) is 24.8 Å². The standard InChI is InChI=1S/C57H61F2N17O3/c1-32(2)51-53-45(70(5)55(68-53)72-17-19-79-20-18-72)23-49(66-51)76-44-22-42(39-27-61-14-12-48(39)78-8)65-40(37(44)29-63-76)10-9-33(3)52-54-46(71(6)56(69-54)73-15-16-74-31-57(58,59)25-35(74)30-73)24-50(67-52)75-43-21-41(64-34(4)36(43)28-62-75)38-26-60-13-11-47(38)77-7/h11-14,21-24,26-29,32-33,35H,9-10,15-20,25,30-31H2,1-8H3/t33?,35-/m1/s1. The predicted octanol–water partition coefficient (Wildman–Crippen LogP) is 8.39. The number of rotatable bonds is 13. The Kier molecular flexibility index (Phi) is 12.5. The minimum absolute atomic E-state index is 0.0755. The number of alkyl halides is 2. The second-order valence-corrected chi connectivity index (χ2v) is 21.4. The molecule has 406 valence electrons. The van der Waals surface area contributed by atoms with E-state index in [2.05, 4.69) is 62.8 Å². The number of methoxy groups -OCH3 is 2. The largest absolute Gasteiger partial charge is 0.496 e. The van der Waals surface area contributed by atoms with Crippen LogP contribution in [0.1, 0.15) is 68.2 Å². The molecule has 20 nitrogen and oxygen atoms in total. The molecule has 10 aromatic heterocycles. The highest BCUT2D eigenvalue weighted by Gasteiger charge is 2.47. The molecule has 0 aromatic carbocycles. The first-order valence-corrected chi connectivity index (χ1v) is 26.9. The molecule has 0 saturated carbocycles. The van der Waals surface area contributed by atoms with Crippen LogP contribution in [0.2, 0.25) is 0 Å². The number of morpholine rings is 1. The number of pyridine rings is 6. The Bertz CT molecular complexity index is 3990. The van der Waals surface area contributed by atoms with E-state index in [1.54, 1.807) is 39.0 Å². The number of nitrogens with zero attached hydrogens (tertiary/aromatic N) is 17. The lowest BCUT2D eigenvalue weighted by atomic mass is 9.97. The molecule has 0 amide bonds. The Morgan fingerprint density at radius 3 is 1.89 bits per heavy atom. The predicted molar refractivity (Wildman–Crippen MR) is 297 cm³/mol. The zero-order valence-corrected chi connectivity index (χ0v) is 45.5. The molecule has 3 fully saturated rings. The molecule has 0 bridgehead atoms. The van der Waals surface area contributed by atoms with Crippen molar-refractivity contribution in [2.75, 3.05) is 76.5 Å². The summed E-state index contributed by atoms with van der Waals surface area (Å²) in [7, 11) is 7.33. The fourth-order valence-corrected chi connectivity index (χ4v) is 11.9. The van der Waals surface area contributed by atoms with Gasteiger partial charge in [0.2, 0.25) is 11.9 Å². The van der Waals surface area contributed by atoms with Gasteiger partial charge in [-0.05, 0) is 49.9 Å². The van der Waals surface area contributed by atoms with Gasteiger partial charge in [0.1, 0.15) is 22.5 Å². The number of hydrogen-bond acceptors (Lipinski definition) is 16. The number of piperazine rings is 1. The normalized spacial score (nSPS) is 17.3. The van der Waals surface area contributed by atoms with Crippen molar-refractivity contribution >= 4 is 55.8 Å². The van der Waals surface area contributed by atoms with Crippen molar-refractivity contribution in [3.05, 3.63) is 96.4 Å². The number of aryl methyl sites for hydroxylation is 4. The highest BCUT2D eigenvalue weighted by Crippen LogP contribution is 2.40. The lowest BCUT2D eigenvalue weighted by Crippen LogP contribution is -2.50. The molecular formula is C57H61F2N17O3. The molecule has 0 spiro atoms. The van der Waals surface area contributed by atoms with Crippen LogP contribution in [-0.4, -0.2) is 152 Å². The van der Waals surface area contributed by atoms with Crippen molar-refractivity contribution in [3.8, 4) is 45.6 Å². The Labute approximate surface area is 454 Å². The smallest absolute Gasteiger partial charge is 0.262 e. The molecule has 3 aliphatic heterocycles. The summed E-state index contributed by atoms with van der Waals surface area (Å²) < 4.78 is 54.8. The number of aromatic nitrogens is 14. The summed E-state index contributed by atoms with van der Waals surface area (Å²) in [6, 6.07) is 11.5. The molecule has 0 N–H and O–H groups in total. The van der Waals surface area contributed by atoms with Gasteiger partial charge >= 0.3 is 0 Å². The van der Waals surface area contributed by atoms with Crippen molar-refractivity contribution in [1.82, 2.24) is 73.5 Å². The van der Waals surface area contributed by atoms with Crippen LogP contribution in [0.25, 0.3) is 78.0 Å². The van der Waals surface area contributed by atoms with Crippen molar-refractivity contribution in [2.45, 2.75) is 70.8 Å². The second kappa shape index (κ2) is 19.6. The third-order valence-electron chi connectivity index (χ3n) is 16.1. The van der Waals surface area contributed by atoms with E-state index in [1.165, 1.54) is 0 Å². The summed E-state index contributed by atoms with van der Waals surface area (Å²) in [6.07, 6.45) is 11.6. The molecule has 13 heterocycles. The van der Waals surface area contributed by atoms with E-state index >= 15 is 0 Å². The number of fused-ring (bicyclic) bond motifs is 5. The molecule has 3 saturated heterocycles. The quantitative estimate of drug-likeness (QED) is 0.107. The Hall–Kier alpha value is -8.24. The van der Waals surface area contributed by atoms with Gasteiger partial charge in [0.25, 0.3) is 5.92 Å². The van der Waals surface area contributed by atoms with E-state index in [4.69, 9.17) is 54.3 Å². The number of anilines is 2. The average molecular weight is 1070 g/mol. The number of ether oxygens (including phenoxy) is 3. The molecule has 3 aliphatic rings. The maximum absolute atomic E-state index is 14.8. The fraction of sp³-hybridized carbons (Fsp3) is 0.404. The molecule has 0 aliphatic carbocycles. The molecule has 1 unspecified atom stereocenters. The summed E-state index contributed by atoms with van der Waals surface area (Å²) in [5, 5.41) is 11.8. The first kappa shape index (κ1) is 50.3. The maximum Gasteiger partial charge on any atom is 0.262 e. The van der Waals surface area contributed by atoms with E-state index in [9.17, 15) is 8.78 Å². The van der Waals surface area contributed by atoms with Gasteiger partial charge < -0.3 is 33.1 Å². The highest BCUT2D eigenvalue weighted by molar-refractivity contribution is 5.90. The summed E-state index contributed by atoms with van der Waals surface area (Å²) in [6.45, 7) is 12.6. The van der Waals surface area contributed by atoms with Crippen LogP contribution in [0, 0.1) is 6.92 Å². The van der Waals surface area contributed by atoms with Crippen LogP contribution in [0.15, 0.2) is 73.6 Å². The van der Waals surface area contributed by atoms with Crippen molar-refractivity contribution in [1.29, 1.82) is 0 Å². The third-order valence-corrected chi connectivity index (χ3v) is 16.1. The van der Waals surface area contributed by atoms with E-state index in [0.717, 1.165) is 96.8 Å². The molecule has 10 aromatic rings.